The predicted octanol–water partition coefficient (Wildman–Crippen LogP) is 1.10. The van der Waals surface area contributed by atoms with Crippen molar-refractivity contribution in [1.29, 1.82) is 0 Å². The molecule has 5 nitrogen and oxygen atoms in total. The van der Waals surface area contributed by atoms with Crippen molar-refractivity contribution in [2.75, 3.05) is 6.54 Å². The van der Waals surface area contributed by atoms with E-state index < -0.39 is 0 Å². The first-order valence-corrected chi connectivity index (χ1v) is 6.79. The van der Waals surface area contributed by atoms with E-state index in [0.717, 1.165) is 31.4 Å². The Morgan fingerprint density at radius 2 is 2.37 bits per heavy atom. The Bertz CT molecular complexity index is 453. The van der Waals surface area contributed by atoms with Gasteiger partial charge >= 0.3 is 0 Å². The lowest BCUT2D eigenvalue weighted by Crippen LogP contribution is -2.36. The second-order valence-electron chi connectivity index (χ2n) is 5.07. The first-order chi connectivity index (χ1) is 9.16. The van der Waals surface area contributed by atoms with Crippen molar-refractivity contribution in [1.82, 2.24) is 15.1 Å². The van der Waals surface area contributed by atoms with Crippen LogP contribution in [0.2, 0.25) is 0 Å². The van der Waals surface area contributed by atoms with Gasteiger partial charge in [-0.2, -0.15) is 5.10 Å². The Morgan fingerprint density at radius 3 is 3.05 bits per heavy atom. The van der Waals surface area contributed by atoms with E-state index in [2.05, 4.69) is 10.4 Å². The fraction of sp³-hybridized carbons (Fsp3) is 0.571. The van der Waals surface area contributed by atoms with Crippen LogP contribution in [0.25, 0.3) is 6.08 Å². The maximum atomic E-state index is 11.7. The first-order valence-electron chi connectivity index (χ1n) is 6.79. The molecule has 2 rings (SSSR count). The molecule has 2 atom stereocenters. The van der Waals surface area contributed by atoms with E-state index in [0.29, 0.717) is 6.54 Å². The number of hydrogen-bond acceptors (Lipinski definition) is 3. The number of aliphatic hydroxyl groups is 1. The highest BCUT2D eigenvalue weighted by Crippen LogP contribution is 2.23. The Hall–Kier alpha value is -1.62. The summed E-state index contributed by atoms with van der Waals surface area (Å²) in [4.78, 5) is 11.7. The van der Waals surface area contributed by atoms with Gasteiger partial charge in [0.15, 0.2) is 0 Å². The highest BCUT2D eigenvalue weighted by molar-refractivity contribution is 5.91. The molecule has 1 aliphatic rings. The van der Waals surface area contributed by atoms with E-state index in [-0.39, 0.29) is 17.9 Å². The van der Waals surface area contributed by atoms with Crippen LogP contribution >= 0.6 is 0 Å². The lowest BCUT2D eigenvalue weighted by atomic mass is 9.86. The van der Waals surface area contributed by atoms with Gasteiger partial charge in [0.1, 0.15) is 0 Å². The summed E-state index contributed by atoms with van der Waals surface area (Å²) in [7, 11) is 1.83. The SMILES string of the molecule is Cn1nccc1C=CC(=O)NCC1CCCCC1O. The summed E-state index contributed by atoms with van der Waals surface area (Å²) in [6.07, 6.45) is 8.74. The predicted molar refractivity (Wildman–Crippen MR) is 73.2 cm³/mol. The lowest BCUT2D eigenvalue weighted by molar-refractivity contribution is -0.116. The fourth-order valence-electron chi connectivity index (χ4n) is 2.43. The molecule has 1 fully saturated rings. The average Bonchev–Trinajstić information content (AvgIpc) is 2.81. The second kappa shape index (κ2) is 6.52. The molecular formula is C14H21N3O2. The molecule has 1 heterocycles. The summed E-state index contributed by atoms with van der Waals surface area (Å²) in [5, 5.41) is 16.7. The van der Waals surface area contributed by atoms with Crippen molar-refractivity contribution in [3.05, 3.63) is 24.0 Å². The van der Waals surface area contributed by atoms with Crippen LogP contribution in [-0.2, 0) is 11.8 Å². The molecule has 1 aromatic rings. The smallest absolute Gasteiger partial charge is 0.244 e. The fourth-order valence-corrected chi connectivity index (χ4v) is 2.43. The molecule has 0 aliphatic heterocycles. The molecule has 1 aromatic heterocycles. The minimum atomic E-state index is -0.268. The van der Waals surface area contributed by atoms with Crippen LogP contribution in [0, 0.1) is 5.92 Å². The number of amides is 1. The summed E-state index contributed by atoms with van der Waals surface area (Å²) >= 11 is 0. The van der Waals surface area contributed by atoms with Gasteiger partial charge in [0.05, 0.1) is 11.8 Å². The highest BCUT2D eigenvalue weighted by Gasteiger charge is 2.22. The molecule has 2 N–H and O–H groups in total. The zero-order valence-corrected chi connectivity index (χ0v) is 11.2. The third kappa shape index (κ3) is 3.92. The Kier molecular flexibility index (Phi) is 4.74. The van der Waals surface area contributed by atoms with Crippen LogP contribution in [0.3, 0.4) is 0 Å². The summed E-state index contributed by atoms with van der Waals surface area (Å²) in [6, 6.07) is 1.84. The van der Waals surface area contributed by atoms with Gasteiger partial charge in [-0.1, -0.05) is 12.8 Å². The minimum Gasteiger partial charge on any atom is -0.393 e. The third-order valence-electron chi connectivity index (χ3n) is 3.67. The van der Waals surface area contributed by atoms with Crippen LogP contribution in [0.5, 0.6) is 0 Å². The van der Waals surface area contributed by atoms with Gasteiger partial charge in [-0.3, -0.25) is 9.48 Å². The lowest BCUT2D eigenvalue weighted by Gasteiger charge is -2.27. The topological polar surface area (TPSA) is 67.2 Å². The number of carbonyl (C=O) groups excluding carboxylic acids is 1. The van der Waals surface area contributed by atoms with Crippen molar-refractivity contribution in [3.8, 4) is 0 Å². The van der Waals surface area contributed by atoms with Crippen molar-refractivity contribution in [2.24, 2.45) is 13.0 Å². The van der Waals surface area contributed by atoms with Crippen LogP contribution < -0.4 is 5.32 Å². The molecule has 0 radical (unpaired) electrons. The standard InChI is InChI=1S/C14H21N3O2/c1-17-12(8-9-16-17)6-7-14(19)15-10-11-4-2-3-5-13(11)18/h6-9,11,13,18H,2-5,10H2,1H3,(H,15,19). The number of nitrogens with one attached hydrogen (secondary N) is 1. The molecule has 0 aromatic carbocycles. The average molecular weight is 263 g/mol. The van der Waals surface area contributed by atoms with E-state index in [4.69, 9.17) is 0 Å². The monoisotopic (exact) mass is 263 g/mol. The maximum Gasteiger partial charge on any atom is 0.244 e. The zero-order valence-electron chi connectivity index (χ0n) is 11.2. The van der Waals surface area contributed by atoms with Crippen LogP contribution in [-0.4, -0.2) is 33.4 Å². The molecule has 1 amide bonds. The second-order valence-corrected chi connectivity index (χ2v) is 5.07. The van der Waals surface area contributed by atoms with Gasteiger partial charge in [-0.05, 0) is 25.0 Å². The molecule has 104 valence electrons. The summed E-state index contributed by atoms with van der Waals surface area (Å²) < 4.78 is 1.70. The molecule has 0 spiro atoms. The van der Waals surface area contributed by atoms with Crippen molar-refractivity contribution in [3.63, 3.8) is 0 Å². The van der Waals surface area contributed by atoms with Crippen molar-refractivity contribution in [2.45, 2.75) is 31.8 Å². The molecular weight excluding hydrogens is 242 g/mol. The number of aliphatic hydroxyl groups excluding tert-OH is 1. The van der Waals surface area contributed by atoms with E-state index in [1.165, 1.54) is 6.08 Å². The normalized spacial score (nSPS) is 23.7. The molecule has 5 heteroatoms. The van der Waals surface area contributed by atoms with Crippen LogP contribution in [0.4, 0.5) is 0 Å². The number of carbonyl (C=O) groups is 1. The third-order valence-corrected chi connectivity index (χ3v) is 3.67. The zero-order chi connectivity index (χ0) is 13.7. The Labute approximate surface area is 113 Å². The van der Waals surface area contributed by atoms with Crippen molar-refractivity contribution < 1.29 is 9.90 Å². The minimum absolute atomic E-state index is 0.126. The maximum absolute atomic E-state index is 11.7. The van der Waals surface area contributed by atoms with Crippen LogP contribution in [0.1, 0.15) is 31.4 Å². The number of aryl methyl sites for hydroxylation is 1. The molecule has 1 aliphatic carbocycles. The highest BCUT2D eigenvalue weighted by atomic mass is 16.3. The number of aromatic nitrogens is 2. The largest absolute Gasteiger partial charge is 0.393 e. The summed E-state index contributed by atoms with van der Waals surface area (Å²) in [6.45, 7) is 0.551. The van der Waals surface area contributed by atoms with Gasteiger partial charge in [-0.15, -0.1) is 0 Å². The summed E-state index contributed by atoms with van der Waals surface area (Å²) in [5.41, 5.74) is 0.882. The number of nitrogens with zero attached hydrogens (tertiary/aromatic N) is 2. The van der Waals surface area contributed by atoms with Gasteiger partial charge in [0.2, 0.25) is 5.91 Å². The number of rotatable bonds is 4. The molecule has 0 bridgehead atoms. The van der Waals surface area contributed by atoms with Crippen LogP contribution in [0.15, 0.2) is 18.3 Å². The molecule has 0 saturated heterocycles. The van der Waals surface area contributed by atoms with E-state index in [9.17, 15) is 9.90 Å². The molecule has 2 unspecified atom stereocenters. The van der Waals surface area contributed by atoms with E-state index in [1.54, 1.807) is 17.0 Å². The Balaban J connectivity index is 1.78. The quantitative estimate of drug-likeness (QED) is 0.799. The Morgan fingerprint density at radius 1 is 1.58 bits per heavy atom. The van der Waals surface area contributed by atoms with E-state index in [1.807, 2.05) is 13.1 Å². The molecule has 1 saturated carbocycles. The van der Waals surface area contributed by atoms with Gasteiger partial charge in [-0.25, -0.2) is 0 Å². The number of hydrogen-bond donors (Lipinski definition) is 2. The first kappa shape index (κ1) is 13.8. The van der Waals surface area contributed by atoms with Gasteiger partial charge < -0.3 is 10.4 Å². The summed E-state index contributed by atoms with van der Waals surface area (Å²) in [5.74, 6) is 0.0711. The van der Waals surface area contributed by atoms with Crippen molar-refractivity contribution >= 4 is 12.0 Å². The van der Waals surface area contributed by atoms with Gasteiger partial charge in [0, 0.05) is 31.8 Å². The van der Waals surface area contributed by atoms with E-state index >= 15 is 0 Å². The molecule has 19 heavy (non-hydrogen) atoms. The van der Waals surface area contributed by atoms with Gasteiger partial charge in [0.25, 0.3) is 0 Å².